The third-order valence-electron chi connectivity index (χ3n) is 6.22. The predicted octanol–water partition coefficient (Wildman–Crippen LogP) is 6.40. The van der Waals surface area contributed by atoms with Gasteiger partial charge in [0.1, 0.15) is 6.04 Å². The van der Waals surface area contributed by atoms with Gasteiger partial charge < -0.3 is 10.2 Å². The van der Waals surface area contributed by atoms with E-state index in [1.54, 1.807) is 34.9 Å². The van der Waals surface area contributed by atoms with Crippen LogP contribution in [0.15, 0.2) is 42.5 Å². The highest BCUT2D eigenvalue weighted by Gasteiger charge is 2.31. The van der Waals surface area contributed by atoms with E-state index in [1.165, 1.54) is 11.1 Å². The molecule has 0 heterocycles. The van der Waals surface area contributed by atoms with Gasteiger partial charge in [-0.2, -0.15) is 0 Å². The Bertz CT molecular complexity index is 943. The SMILES string of the molecule is CC[C@H](C(=O)NC1CCCC1)N(Cc1c(Cl)cccc1Cl)C(=O)CSCc1ccccc1C. The number of carbonyl (C=O) groups excluding carboxylic acids is 2. The van der Waals surface area contributed by atoms with Gasteiger partial charge in [0.25, 0.3) is 0 Å². The number of thioether (sulfide) groups is 1. The second-order valence-corrected chi connectivity index (χ2v) is 10.4. The lowest BCUT2D eigenvalue weighted by molar-refractivity contribution is -0.139. The lowest BCUT2D eigenvalue weighted by Crippen LogP contribution is -2.51. The minimum Gasteiger partial charge on any atom is -0.352 e. The first-order valence-corrected chi connectivity index (χ1v) is 13.5. The summed E-state index contributed by atoms with van der Waals surface area (Å²) in [6, 6.07) is 13.1. The number of hydrogen-bond acceptors (Lipinski definition) is 3. The van der Waals surface area contributed by atoms with Gasteiger partial charge in [0.2, 0.25) is 11.8 Å². The summed E-state index contributed by atoms with van der Waals surface area (Å²) in [6.07, 6.45) is 4.79. The molecular formula is C26H32Cl2N2O2S. The molecule has 2 amide bonds. The van der Waals surface area contributed by atoms with Crippen molar-refractivity contribution in [3.63, 3.8) is 0 Å². The number of rotatable bonds is 10. The summed E-state index contributed by atoms with van der Waals surface area (Å²) in [7, 11) is 0. The molecule has 1 aliphatic rings. The number of benzene rings is 2. The number of carbonyl (C=O) groups is 2. The van der Waals surface area contributed by atoms with Crippen LogP contribution >= 0.6 is 35.0 Å². The van der Waals surface area contributed by atoms with Crippen LogP contribution in [0, 0.1) is 6.92 Å². The van der Waals surface area contributed by atoms with Crippen molar-refractivity contribution in [3.05, 3.63) is 69.2 Å². The maximum absolute atomic E-state index is 13.4. The maximum Gasteiger partial charge on any atom is 0.243 e. The Morgan fingerprint density at radius 3 is 2.39 bits per heavy atom. The minimum atomic E-state index is -0.565. The number of amides is 2. The first-order valence-electron chi connectivity index (χ1n) is 11.6. The van der Waals surface area contributed by atoms with Crippen molar-refractivity contribution in [3.8, 4) is 0 Å². The number of aryl methyl sites for hydroxylation is 1. The Balaban J connectivity index is 1.76. The average Bonchev–Trinajstić information content (AvgIpc) is 3.29. The van der Waals surface area contributed by atoms with Crippen molar-refractivity contribution >= 4 is 46.8 Å². The van der Waals surface area contributed by atoms with Crippen LogP contribution in [0.25, 0.3) is 0 Å². The summed E-state index contributed by atoms with van der Waals surface area (Å²) in [6.45, 7) is 4.22. The third-order valence-corrected chi connectivity index (χ3v) is 7.90. The fraction of sp³-hybridized carbons (Fsp3) is 0.462. The van der Waals surface area contributed by atoms with Gasteiger partial charge in [0.15, 0.2) is 0 Å². The molecule has 0 saturated heterocycles. The number of nitrogens with one attached hydrogen (secondary N) is 1. The highest BCUT2D eigenvalue weighted by atomic mass is 35.5. The van der Waals surface area contributed by atoms with Crippen molar-refractivity contribution in [2.75, 3.05) is 5.75 Å². The third kappa shape index (κ3) is 7.14. The van der Waals surface area contributed by atoms with Gasteiger partial charge in [0.05, 0.1) is 5.75 Å². The zero-order valence-corrected chi connectivity index (χ0v) is 21.6. The Morgan fingerprint density at radius 1 is 1.09 bits per heavy atom. The molecule has 4 nitrogen and oxygen atoms in total. The van der Waals surface area contributed by atoms with Crippen LogP contribution < -0.4 is 5.32 Å². The molecule has 0 aliphatic heterocycles. The highest BCUT2D eigenvalue weighted by Crippen LogP contribution is 2.28. The Hall–Kier alpha value is -1.69. The number of hydrogen-bond donors (Lipinski definition) is 1. The molecule has 1 aliphatic carbocycles. The van der Waals surface area contributed by atoms with Crippen LogP contribution in [-0.4, -0.2) is 34.6 Å². The summed E-state index contributed by atoms with van der Waals surface area (Å²) < 4.78 is 0. The molecule has 1 N–H and O–H groups in total. The molecule has 1 atom stereocenters. The molecule has 0 aromatic heterocycles. The van der Waals surface area contributed by atoms with Crippen molar-refractivity contribution in [1.82, 2.24) is 10.2 Å². The normalized spacial score (nSPS) is 14.8. The second kappa shape index (κ2) is 12.7. The van der Waals surface area contributed by atoms with E-state index in [9.17, 15) is 9.59 Å². The zero-order valence-electron chi connectivity index (χ0n) is 19.3. The molecule has 0 radical (unpaired) electrons. The van der Waals surface area contributed by atoms with Gasteiger partial charge in [0, 0.05) is 33.9 Å². The quantitative estimate of drug-likeness (QED) is 0.405. The number of halogens is 2. The molecule has 0 spiro atoms. The smallest absolute Gasteiger partial charge is 0.243 e. The number of nitrogens with zero attached hydrogens (tertiary/aromatic N) is 1. The molecule has 0 unspecified atom stereocenters. The van der Waals surface area contributed by atoms with Crippen LogP contribution in [0.5, 0.6) is 0 Å². The van der Waals surface area contributed by atoms with Crippen LogP contribution in [-0.2, 0) is 21.9 Å². The molecule has 3 rings (SSSR count). The van der Waals surface area contributed by atoms with E-state index in [2.05, 4.69) is 24.4 Å². The van der Waals surface area contributed by atoms with E-state index in [-0.39, 0.29) is 30.2 Å². The minimum absolute atomic E-state index is 0.0852. The molecule has 0 bridgehead atoms. The highest BCUT2D eigenvalue weighted by molar-refractivity contribution is 7.99. The first kappa shape index (κ1) is 25.9. The zero-order chi connectivity index (χ0) is 23.8. The Kier molecular flexibility index (Phi) is 9.96. The van der Waals surface area contributed by atoms with Gasteiger partial charge in [-0.1, -0.05) is 73.3 Å². The van der Waals surface area contributed by atoms with Crippen molar-refractivity contribution in [2.24, 2.45) is 0 Å². The summed E-state index contributed by atoms with van der Waals surface area (Å²) in [4.78, 5) is 28.3. The van der Waals surface area contributed by atoms with Crippen LogP contribution in [0.3, 0.4) is 0 Å². The fourth-order valence-corrected chi connectivity index (χ4v) is 5.75. The standard InChI is InChI=1S/C26H32Cl2N2O2S/c1-3-24(26(32)29-20-11-6-7-12-20)30(15-21-22(27)13-8-14-23(21)28)25(31)17-33-16-19-10-5-4-9-18(19)2/h4-5,8-10,13-14,20,24H,3,6-7,11-12,15-17H2,1-2H3,(H,29,32)/t24-/m1/s1. The Labute approximate surface area is 211 Å². The van der Waals surface area contributed by atoms with Gasteiger partial charge >= 0.3 is 0 Å². The molecular weight excluding hydrogens is 475 g/mol. The lowest BCUT2D eigenvalue weighted by atomic mass is 10.1. The predicted molar refractivity (Wildman–Crippen MR) is 139 cm³/mol. The summed E-state index contributed by atoms with van der Waals surface area (Å²) in [5.74, 6) is 0.844. The summed E-state index contributed by atoms with van der Waals surface area (Å²) in [5, 5.41) is 4.16. The molecule has 1 saturated carbocycles. The van der Waals surface area contributed by atoms with E-state index < -0.39 is 6.04 Å². The van der Waals surface area contributed by atoms with Crippen molar-refractivity contribution < 1.29 is 9.59 Å². The topological polar surface area (TPSA) is 49.4 Å². The van der Waals surface area contributed by atoms with E-state index in [1.807, 2.05) is 19.1 Å². The molecule has 7 heteroatoms. The lowest BCUT2D eigenvalue weighted by Gasteiger charge is -2.32. The molecule has 2 aromatic carbocycles. The average molecular weight is 508 g/mol. The summed E-state index contributed by atoms with van der Waals surface area (Å²) >= 11 is 14.4. The van der Waals surface area contributed by atoms with Gasteiger partial charge in [-0.25, -0.2) is 0 Å². The van der Waals surface area contributed by atoms with Crippen LogP contribution in [0.1, 0.15) is 55.7 Å². The molecule has 2 aromatic rings. The molecule has 1 fully saturated rings. The monoisotopic (exact) mass is 506 g/mol. The first-order chi connectivity index (χ1) is 15.9. The maximum atomic E-state index is 13.4. The fourth-order valence-electron chi connectivity index (χ4n) is 4.24. The Morgan fingerprint density at radius 2 is 1.76 bits per heavy atom. The van der Waals surface area contributed by atoms with Gasteiger partial charge in [-0.05, 0) is 49.4 Å². The van der Waals surface area contributed by atoms with Crippen molar-refractivity contribution in [1.29, 1.82) is 0 Å². The van der Waals surface area contributed by atoms with Crippen LogP contribution in [0.2, 0.25) is 10.0 Å². The molecule has 33 heavy (non-hydrogen) atoms. The van der Waals surface area contributed by atoms with Gasteiger partial charge in [-0.15, -0.1) is 11.8 Å². The molecule has 178 valence electrons. The van der Waals surface area contributed by atoms with Crippen LogP contribution in [0.4, 0.5) is 0 Å². The van der Waals surface area contributed by atoms with Gasteiger partial charge in [-0.3, -0.25) is 9.59 Å². The largest absolute Gasteiger partial charge is 0.352 e. The summed E-state index contributed by atoms with van der Waals surface area (Å²) in [5.41, 5.74) is 3.09. The second-order valence-electron chi connectivity index (χ2n) is 8.56. The van der Waals surface area contributed by atoms with E-state index in [0.29, 0.717) is 22.0 Å². The van der Waals surface area contributed by atoms with E-state index in [0.717, 1.165) is 31.4 Å². The van der Waals surface area contributed by atoms with Crippen molar-refractivity contribution in [2.45, 2.75) is 70.3 Å². The van der Waals surface area contributed by atoms with E-state index in [4.69, 9.17) is 23.2 Å². The van der Waals surface area contributed by atoms with E-state index >= 15 is 0 Å².